The Labute approximate surface area is 173 Å². The molecule has 0 atom stereocenters. The molecule has 1 aliphatic rings. The number of nitrogens with one attached hydrogen (secondary N) is 1. The van der Waals surface area contributed by atoms with Gasteiger partial charge in [0.25, 0.3) is 0 Å². The summed E-state index contributed by atoms with van der Waals surface area (Å²) < 4.78 is 40.6. The SMILES string of the molecule is CC(C)(O)CCc1cc(-c2ccnc3n[nH]c(C(F)(F)F)c23)cc(C2(C#N)CC2)c1.[HH]. The van der Waals surface area contributed by atoms with Crippen LogP contribution in [0.4, 0.5) is 13.2 Å². The van der Waals surface area contributed by atoms with Gasteiger partial charge in [-0.25, -0.2) is 4.98 Å². The van der Waals surface area contributed by atoms with Crippen molar-refractivity contribution in [3.8, 4) is 17.2 Å². The first-order valence-electron chi connectivity index (χ1n) is 9.71. The quantitative estimate of drug-likeness (QED) is 0.602. The van der Waals surface area contributed by atoms with Crippen LogP contribution in [-0.4, -0.2) is 25.9 Å². The van der Waals surface area contributed by atoms with Gasteiger partial charge in [-0.2, -0.15) is 23.5 Å². The third-order valence-electron chi connectivity index (χ3n) is 5.58. The summed E-state index contributed by atoms with van der Waals surface area (Å²) in [6.07, 6.45) is -0.693. The summed E-state index contributed by atoms with van der Waals surface area (Å²) in [4.78, 5) is 3.96. The number of rotatable bonds is 5. The Morgan fingerprint density at radius 2 is 2.00 bits per heavy atom. The molecule has 0 spiro atoms. The average Bonchev–Trinajstić information content (AvgIpc) is 3.35. The van der Waals surface area contributed by atoms with Gasteiger partial charge in [0.15, 0.2) is 5.65 Å². The molecule has 5 nitrogen and oxygen atoms in total. The molecule has 30 heavy (non-hydrogen) atoms. The Morgan fingerprint density at radius 3 is 2.60 bits per heavy atom. The van der Waals surface area contributed by atoms with Gasteiger partial charge in [-0.3, -0.25) is 5.10 Å². The number of alkyl halides is 3. The summed E-state index contributed by atoms with van der Waals surface area (Å²) in [6.45, 7) is 3.42. The highest BCUT2D eigenvalue weighted by atomic mass is 19.4. The van der Waals surface area contributed by atoms with Crippen LogP contribution in [0.25, 0.3) is 22.2 Å². The topological polar surface area (TPSA) is 85.6 Å². The first kappa shape index (κ1) is 20.4. The van der Waals surface area contributed by atoms with Gasteiger partial charge in [-0.05, 0) is 73.9 Å². The van der Waals surface area contributed by atoms with Gasteiger partial charge in [-0.15, -0.1) is 0 Å². The van der Waals surface area contributed by atoms with Crippen LogP contribution >= 0.6 is 0 Å². The van der Waals surface area contributed by atoms with E-state index < -0.39 is 22.9 Å². The monoisotopic (exact) mass is 416 g/mol. The van der Waals surface area contributed by atoms with E-state index in [1.807, 2.05) is 12.1 Å². The average molecular weight is 416 g/mol. The first-order valence-corrected chi connectivity index (χ1v) is 9.71. The molecule has 2 aromatic heterocycles. The van der Waals surface area contributed by atoms with Crippen molar-refractivity contribution in [2.45, 2.75) is 56.7 Å². The molecule has 1 aromatic carbocycles. The Hall–Kier alpha value is -2.92. The van der Waals surface area contributed by atoms with Crippen molar-refractivity contribution in [3.05, 3.63) is 47.3 Å². The number of pyridine rings is 1. The molecule has 2 N–H and O–H groups in total. The number of nitriles is 1. The minimum absolute atomic E-state index is 0. The normalized spacial score (nSPS) is 15.9. The zero-order valence-electron chi connectivity index (χ0n) is 16.6. The second-order valence-electron chi connectivity index (χ2n) is 8.58. The fraction of sp³-hybridized carbons (Fsp3) is 0.409. The van der Waals surface area contributed by atoms with Crippen LogP contribution in [-0.2, 0) is 18.0 Å². The number of aryl methyl sites for hydroxylation is 1. The lowest BCUT2D eigenvalue weighted by molar-refractivity contribution is -0.139. The van der Waals surface area contributed by atoms with E-state index in [4.69, 9.17) is 0 Å². The Bertz CT molecular complexity index is 1150. The van der Waals surface area contributed by atoms with E-state index in [0.717, 1.165) is 24.0 Å². The predicted molar refractivity (Wildman–Crippen MR) is 108 cm³/mol. The fourth-order valence-corrected chi connectivity index (χ4v) is 3.70. The maximum absolute atomic E-state index is 13.5. The smallest absolute Gasteiger partial charge is 0.390 e. The van der Waals surface area contributed by atoms with E-state index >= 15 is 0 Å². The molecule has 1 fully saturated rings. The molecule has 0 bridgehead atoms. The van der Waals surface area contributed by atoms with E-state index in [1.165, 1.54) is 12.3 Å². The zero-order valence-corrected chi connectivity index (χ0v) is 16.6. The van der Waals surface area contributed by atoms with Crippen molar-refractivity contribution < 1.29 is 19.7 Å². The van der Waals surface area contributed by atoms with Crippen LogP contribution in [0.3, 0.4) is 0 Å². The number of halogens is 3. The second-order valence-corrected chi connectivity index (χ2v) is 8.58. The van der Waals surface area contributed by atoms with Gasteiger partial charge in [0.2, 0.25) is 0 Å². The number of aromatic amines is 1. The minimum Gasteiger partial charge on any atom is -0.390 e. The number of benzene rings is 1. The zero-order chi connectivity index (χ0) is 21.7. The largest absolute Gasteiger partial charge is 0.433 e. The van der Waals surface area contributed by atoms with E-state index in [1.54, 1.807) is 19.9 Å². The van der Waals surface area contributed by atoms with E-state index in [9.17, 15) is 23.5 Å². The van der Waals surface area contributed by atoms with Crippen molar-refractivity contribution in [3.63, 3.8) is 0 Å². The molecule has 0 unspecified atom stereocenters. The number of aliphatic hydroxyl groups is 1. The van der Waals surface area contributed by atoms with Crippen LogP contribution < -0.4 is 0 Å². The molecule has 158 valence electrons. The van der Waals surface area contributed by atoms with E-state index in [2.05, 4.69) is 21.3 Å². The van der Waals surface area contributed by atoms with Crippen molar-refractivity contribution in [2.24, 2.45) is 0 Å². The third-order valence-corrected chi connectivity index (χ3v) is 5.58. The standard InChI is InChI=1S/C22H21F3N4O.H2/c1-20(2,30)5-3-13-9-14(11-15(10-13)21(12-26)6-7-21)16-4-8-27-19-17(16)18(28-29-19)22(23,24)25;/h4,8-11,30H,3,5-7H2,1-2H3,(H,27,28,29);1H. The van der Waals surface area contributed by atoms with Crippen molar-refractivity contribution in [1.82, 2.24) is 15.2 Å². The Balaban J connectivity index is 0.00000272. The summed E-state index contributed by atoms with van der Waals surface area (Å²) in [6, 6.07) is 9.45. The van der Waals surface area contributed by atoms with Gasteiger partial charge in [0.1, 0.15) is 5.69 Å². The summed E-state index contributed by atoms with van der Waals surface area (Å²) in [5.74, 6) is 0. The molecular weight excluding hydrogens is 393 g/mol. The Morgan fingerprint density at radius 1 is 1.27 bits per heavy atom. The van der Waals surface area contributed by atoms with E-state index in [-0.39, 0.29) is 12.5 Å². The number of hydrogen-bond acceptors (Lipinski definition) is 4. The van der Waals surface area contributed by atoms with Crippen LogP contribution in [0.2, 0.25) is 0 Å². The lowest BCUT2D eigenvalue weighted by Gasteiger charge is -2.18. The Kier molecular flexibility index (Phi) is 4.62. The van der Waals surface area contributed by atoms with Crippen molar-refractivity contribution >= 4 is 11.0 Å². The molecule has 0 aliphatic heterocycles. The number of H-pyrrole nitrogens is 1. The number of hydrogen-bond donors (Lipinski definition) is 2. The maximum atomic E-state index is 13.5. The molecule has 0 amide bonds. The molecule has 4 rings (SSSR count). The van der Waals surface area contributed by atoms with Crippen LogP contribution in [0.15, 0.2) is 30.5 Å². The van der Waals surface area contributed by atoms with Crippen LogP contribution in [0.1, 0.15) is 51.4 Å². The van der Waals surface area contributed by atoms with Gasteiger partial charge >= 0.3 is 6.18 Å². The molecule has 3 aromatic rings. The molecule has 1 aliphatic carbocycles. The highest BCUT2D eigenvalue weighted by molar-refractivity contribution is 5.95. The molecular formula is C22H23F3N4O. The van der Waals surface area contributed by atoms with Crippen molar-refractivity contribution in [1.29, 1.82) is 5.26 Å². The summed E-state index contributed by atoms with van der Waals surface area (Å²) in [5, 5.41) is 25.4. The maximum Gasteiger partial charge on any atom is 0.433 e. The summed E-state index contributed by atoms with van der Waals surface area (Å²) in [7, 11) is 0. The number of fused-ring (bicyclic) bond motifs is 1. The molecule has 1 saturated carbocycles. The van der Waals surface area contributed by atoms with Gasteiger partial charge < -0.3 is 5.11 Å². The third kappa shape index (κ3) is 3.77. The second kappa shape index (κ2) is 6.81. The predicted octanol–water partition coefficient (Wildman–Crippen LogP) is 5.15. The van der Waals surface area contributed by atoms with E-state index in [0.29, 0.717) is 24.0 Å². The van der Waals surface area contributed by atoms with Crippen LogP contribution in [0.5, 0.6) is 0 Å². The first-order chi connectivity index (χ1) is 14.0. The number of nitrogens with zero attached hydrogens (tertiary/aromatic N) is 3. The molecule has 2 heterocycles. The molecule has 8 heteroatoms. The highest BCUT2D eigenvalue weighted by Gasteiger charge is 2.45. The molecule has 0 saturated heterocycles. The van der Waals surface area contributed by atoms with Crippen LogP contribution in [0, 0.1) is 11.3 Å². The minimum atomic E-state index is -4.60. The van der Waals surface area contributed by atoms with Gasteiger partial charge in [0, 0.05) is 7.62 Å². The van der Waals surface area contributed by atoms with Crippen molar-refractivity contribution in [2.75, 3.05) is 0 Å². The number of aromatic nitrogens is 3. The lowest BCUT2D eigenvalue weighted by Crippen LogP contribution is -2.19. The fourth-order valence-electron chi connectivity index (χ4n) is 3.70. The summed E-state index contributed by atoms with van der Waals surface area (Å²) in [5.41, 5.74) is 0.203. The summed E-state index contributed by atoms with van der Waals surface area (Å²) >= 11 is 0. The van der Waals surface area contributed by atoms with Gasteiger partial charge in [-0.1, -0.05) is 12.1 Å². The lowest BCUT2D eigenvalue weighted by atomic mass is 9.88. The highest BCUT2D eigenvalue weighted by Crippen LogP contribution is 2.49. The van der Waals surface area contributed by atoms with Gasteiger partial charge in [0.05, 0.1) is 22.5 Å². The molecule has 0 radical (unpaired) electrons.